The fourth-order valence-electron chi connectivity index (χ4n) is 1.77. The lowest BCUT2D eigenvalue weighted by molar-refractivity contribution is -0.142. The number of piperidine rings is 1. The number of carbonyl (C=O) groups is 1. The van der Waals surface area contributed by atoms with E-state index in [1.54, 1.807) is 0 Å². The van der Waals surface area contributed by atoms with Gasteiger partial charge in [0.05, 0.1) is 6.61 Å². The van der Waals surface area contributed by atoms with Crippen molar-refractivity contribution in [2.75, 3.05) is 20.2 Å². The van der Waals surface area contributed by atoms with E-state index in [2.05, 4.69) is 18.9 Å². The van der Waals surface area contributed by atoms with Crippen LogP contribution in [0.2, 0.25) is 0 Å². The van der Waals surface area contributed by atoms with Gasteiger partial charge in [-0.2, -0.15) is 0 Å². The summed E-state index contributed by atoms with van der Waals surface area (Å²) in [5.74, 6) is 0.404. The van der Waals surface area contributed by atoms with E-state index < -0.39 is 0 Å². The van der Waals surface area contributed by atoms with Crippen molar-refractivity contribution in [1.82, 2.24) is 4.90 Å². The molecule has 3 nitrogen and oxygen atoms in total. The molecule has 3 heteroatoms. The Balaban J connectivity index is 2.25. The molecular weight excluding hydrogens is 166 g/mol. The smallest absolute Gasteiger partial charge is 0.302 e. The first-order valence-electron chi connectivity index (χ1n) is 4.93. The van der Waals surface area contributed by atoms with Crippen LogP contribution < -0.4 is 0 Å². The minimum Gasteiger partial charge on any atom is -0.466 e. The summed E-state index contributed by atoms with van der Waals surface area (Å²) >= 11 is 0. The first-order chi connectivity index (χ1) is 6.09. The fourth-order valence-corrected chi connectivity index (χ4v) is 1.77. The number of hydrogen-bond acceptors (Lipinski definition) is 3. The Bertz CT molecular complexity index is 182. The highest BCUT2D eigenvalue weighted by Crippen LogP contribution is 2.21. The van der Waals surface area contributed by atoms with Crippen LogP contribution in [0.4, 0.5) is 0 Å². The molecule has 1 fully saturated rings. The van der Waals surface area contributed by atoms with Crippen molar-refractivity contribution in [2.24, 2.45) is 5.92 Å². The minimum absolute atomic E-state index is 0.161. The first kappa shape index (κ1) is 10.5. The van der Waals surface area contributed by atoms with Gasteiger partial charge >= 0.3 is 5.97 Å². The molecule has 0 N–H and O–H groups in total. The maximum Gasteiger partial charge on any atom is 0.302 e. The fraction of sp³-hybridized carbons (Fsp3) is 0.900. The second-order valence-corrected chi connectivity index (χ2v) is 4.02. The number of hydrogen-bond donors (Lipinski definition) is 0. The van der Waals surface area contributed by atoms with Crippen molar-refractivity contribution in [3.05, 3.63) is 0 Å². The Hall–Kier alpha value is -0.570. The Labute approximate surface area is 80.1 Å². The van der Waals surface area contributed by atoms with E-state index in [4.69, 9.17) is 4.74 Å². The van der Waals surface area contributed by atoms with E-state index >= 15 is 0 Å². The number of carbonyl (C=O) groups excluding carboxylic acids is 1. The molecule has 13 heavy (non-hydrogen) atoms. The molecule has 1 saturated heterocycles. The summed E-state index contributed by atoms with van der Waals surface area (Å²) in [7, 11) is 2.15. The van der Waals surface area contributed by atoms with Crippen LogP contribution in [0.15, 0.2) is 0 Å². The third kappa shape index (κ3) is 3.35. The van der Waals surface area contributed by atoms with Gasteiger partial charge in [-0.15, -0.1) is 0 Å². The average molecular weight is 185 g/mol. The van der Waals surface area contributed by atoms with Gasteiger partial charge in [0.15, 0.2) is 0 Å². The molecule has 1 rings (SSSR count). The summed E-state index contributed by atoms with van der Waals surface area (Å²) in [5.41, 5.74) is 0. The molecule has 0 aromatic rings. The summed E-state index contributed by atoms with van der Waals surface area (Å²) in [6, 6.07) is 0.620. The van der Waals surface area contributed by atoms with Crippen molar-refractivity contribution in [3.63, 3.8) is 0 Å². The lowest BCUT2D eigenvalue weighted by atomic mass is 9.93. The number of nitrogens with zero attached hydrogens (tertiary/aromatic N) is 1. The lowest BCUT2D eigenvalue weighted by Crippen LogP contribution is -2.39. The molecule has 0 aromatic carbocycles. The van der Waals surface area contributed by atoms with Crippen molar-refractivity contribution in [3.8, 4) is 0 Å². The second-order valence-electron chi connectivity index (χ2n) is 4.02. The van der Waals surface area contributed by atoms with Gasteiger partial charge < -0.3 is 9.64 Å². The second kappa shape index (κ2) is 4.61. The Morgan fingerprint density at radius 2 is 2.31 bits per heavy atom. The highest BCUT2D eigenvalue weighted by Gasteiger charge is 2.23. The molecule has 76 valence electrons. The van der Waals surface area contributed by atoms with Crippen LogP contribution in [0.5, 0.6) is 0 Å². The molecular formula is C10H19NO2. The van der Waals surface area contributed by atoms with Gasteiger partial charge in [-0.05, 0) is 39.3 Å². The van der Waals surface area contributed by atoms with E-state index in [0.717, 1.165) is 19.4 Å². The predicted molar refractivity (Wildman–Crippen MR) is 51.4 cm³/mol. The van der Waals surface area contributed by atoms with Crippen LogP contribution in [0.3, 0.4) is 0 Å². The summed E-state index contributed by atoms with van der Waals surface area (Å²) in [4.78, 5) is 13.0. The largest absolute Gasteiger partial charge is 0.466 e. The minimum atomic E-state index is -0.161. The highest BCUT2D eigenvalue weighted by molar-refractivity contribution is 5.65. The van der Waals surface area contributed by atoms with Gasteiger partial charge in [0.1, 0.15) is 0 Å². The number of likely N-dealkylation sites (tertiary alicyclic amines) is 1. The molecule has 0 aromatic heterocycles. The molecule has 0 aliphatic carbocycles. The molecule has 1 heterocycles. The quantitative estimate of drug-likeness (QED) is 0.607. The SMILES string of the molecule is CC(=O)OCC1CCN(C)C(C)C1. The number of rotatable bonds is 2. The molecule has 1 aliphatic heterocycles. The van der Waals surface area contributed by atoms with Gasteiger partial charge in [0.2, 0.25) is 0 Å². The van der Waals surface area contributed by atoms with Gasteiger partial charge in [-0.3, -0.25) is 4.79 Å². The molecule has 0 saturated carbocycles. The van der Waals surface area contributed by atoms with E-state index in [1.807, 2.05) is 0 Å². The van der Waals surface area contributed by atoms with Crippen molar-refractivity contribution < 1.29 is 9.53 Å². The molecule has 1 aliphatic rings. The van der Waals surface area contributed by atoms with Gasteiger partial charge in [-0.1, -0.05) is 0 Å². The van der Waals surface area contributed by atoms with Crippen molar-refractivity contribution >= 4 is 5.97 Å². The van der Waals surface area contributed by atoms with E-state index in [0.29, 0.717) is 18.6 Å². The Morgan fingerprint density at radius 3 is 2.85 bits per heavy atom. The molecule has 2 atom stereocenters. The van der Waals surface area contributed by atoms with Crippen LogP contribution in [-0.4, -0.2) is 37.1 Å². The number of esters is 1. The monoisotopic (exact) mass is 185 g/mol. The molecule has 0 amide bonds. The standard InChI is InChI=1S/C10H19NO2/c1-8-6-10(4-5-11(8)3)7-13-9(2)12/h8,10H,4-7H2,1-3H3. The third-order valence-corrected chi connectivity index (χ3v) is 2.84. The highest BCUT2D eigenvalue weighted by atomic mass is 16.5. The topological polar surface area (TPSA) is 29.5 Å². The zero-order chi connectivity index (χ0) is 9.84. The zero-order valence-electron chi connectivity index (χ0n) is 8.75. The van der Waals surface area contributed by atoms with Crippen LogP contribution in [0, 0.1) is 5.92 Å². The molecule has 0 spiro atoms. The summed E-state index contributed by atoms with van der Waals surface area (Å²) < 4.78 is 5.01. The van der Waals surface area contributed by atoms with Crippen LogP contribution >= 0.6 is 0 Å². The van der Waals surface area contributed by atoms with Gasteiger partial charge in [-0.25, -0.2) is 0 Å². The van der Waals surface area contributed by atoms with Gasteiger partial charge in [0, 0.05) is 13.0 Å². The molecule has 0 radical (unpaired) electrons. The third-order valence-electron chi connectivity index (χ3n) is 2.84. The Kier molecular flexibility index (Phi) is 3.72. The van der Waals surface area contributed by atoms with E-state index in [-0.39, 0.29) is 5.97 Å². The maximum absolute atomic E-state index is 10.6. The normalized spacial score (nSPS) is 30.1. The lowest BCUT2D eigenvalue weighted by Gasteiger charge is -2.34. The maximum atomic E-state index is 10.6. The van der Waals surface area contributed by atoms with Crippen LogP contribution in [0.1, 0.15) is 26.7 Å². The van der Waals surface area contributed by atoms with Crippen molar-refractivity contribution in [1.29, 1.82) is 0 Å². The number of ether oxygens (including phenoxy) is 1. The van der Waals surface area contributed by atoms with E-state index in [9.17, 15) is 4.79 Å². The molecule has 2 unspecified atom stereocenters. The van der Waals surface area contributed by atoms with Crippen LogP contribution in [0.25, 0.3) is 0 Å². The summed E-state index contributed by atoms with van der Waals surface area (Å²) in [6.45, 7) is 5.42. The summed E-state index contributed by atoms with van der Waals surface area (Å²) in [6.07, 6.45) is 2.29. The van der Waals surface area contributed by atoms with E-state index in [1.165, 1.54) is 6.92 Å². The Morgan fingerprint density at radius 1 is 1.62 bits per heavy atom. The summed E-state index contributed by atoms with van der Waals surface area (Å²) in [5, 5.41) is 0. The average Bonchev–Trinajstić information content (AvgIpc) is 2.07. The molecule has 0 bridgehead atoms. The van der Waals surface area contributed by atoms with Crippen LogP contribution in [-0.2, 0) is 9.53 Å². The first-order valence-corrected chi connectivity index (χ1v) is 4.93. The van der Waals surface area contributed by atoms with Crippen molar-refractivity contribution in [2.45, 2.75) is 32.7 Å². The predicted octanol–water partition coefficient (Wildman–Crippen LogP) is 1.28. The zero-order valence-corrected chi connectivity index (χ0v) is 8.75. The van der Waals surface area contributed by atoms with Gasteiger partial charge in [0.25, 0.3) is 0 Å².